The van der Waals surface area contributed by atoms with Crippen LogP contribution in [0.1, 0.15) is 11.1 Å². The highest BCUT2D eigenvalue weighted by atomic mass is 35.5. The maximum Gasteiger partial charge on any atom is 0.129 e. The molecular formula is C15H12Cl2N2. The Morgan fingerprint density at radius 3 is 1.58 bits per heavy atom. The highest BCUT2D eigenvalue weighted by molar-refractivity contribution is 6.33. The van der Waals surface area contributed by atoms with Crippen LogP contribution in [0.2, 0.25) is 10.0 Å². The third kappa shape index (κ3) is 4.19. The second-order valence-corrected chi connectivity index (χ2v) is 4.62. The standard InChI is InChI=1S/C15H12Cl2N2/c16-14-7-3-1-5-12(14)9-18-11-19-10-13-6-2-4-8-15(13)17/h1-10H,11H2. The molecule has 0 fully saturated rings. The summed E-state index contributed by atoms with van der Waals surface area (Å²) in [6.07, 6.45) is 3.43. The first-order valence-electron chi connectivity index (χ1n) is 5.76. The average molecular weight is 291 g/mol. The van der Waals surface area contributed by atoms with Crippen LogP contribution in [0.15, 0.2) is 58.5 Å². The molecule has 2 nitrogen and oxygen atoms in total. The van der Waals surface area contributed by atoms with Gasteiger partial charge in [-0.3, -0.25) is 9.98 Å². The van der Waals surface area contributed by atoms with Crippen molar-refractivity contribution in [2.45, 2.75) is 0 Å². The summed E-state index contributed by atoms with van der Waals surface area (Å²) < 4.78 is 0. The normalized spacial score (nSPS) is 11.5. The lowest BCUT2D eigenvalue weighted by atomic mass is 10.2. The van der Waals surface area contributed by atoms with Gasteiger partial charge in [0.2, 0.25) is 0 Å². The van der Waals surface area contributed by atoms with Gasteiger partial charge in [-0.25, -0.2) is 0 Å². The van der Waals surface area contributed by atoms with Crippen LogP contribution in [0.25, 0.3) is 0 Å². The summed E-state index contributed by atoms with van der Waals surface area (Å²) >= 11 is 12.0. The predicted octanol–water partition coefficient (Wildman–Crippen LogP) is 4.49. The first-order chi connectivity index (χ1) is 9.27. The Balaban J connectivity index is 1.94. The van der Waals surface area contributed by atoms with Gasteiger partial charge in [-0.15, -0.1) is 0 Å². The molecule has 0 bridgehead atoms. The molecule has 19 heavy (non-hydrogen) atoms. The van der Waals surface area contributed by atoms with E-state index < -0.39 is 0 Å². The van der Waals surface area contributed by atoms with Crippen molar-refractivity contribution in [2.24, 2.45) is 9.98 Å². The molecular weight excluding hydrogens is 279 g/mol. The van der Waals surface area contributed by atoms with Crippen LogP contribution in [-0.4, -0.2) is 19.1 Å². The lowest BCUT2D eigenvalue weighted by Gasteiger charge is -1.96. The Hall–Kier alpha value is -1.64. The van der Waals surface area contributed by atoms with E-state index in [0.29, 0.717) is 16.7 Å². The third-order valence-corrected chi connectivity index (χ3v) is 3.12. The summed E-state index contributed by atoms with van der Waals surface area (Å²) in [6, 6.07) is 15.1. The van der Waals surface area contributed by atoms with E-state index in [-0.39, 0.29) is 0 Å². The van der Waals surface area contributed by atoms with Crippen LogP contribution in [0.5, 0.6) is 0 Å². The van der Waals surface area contributed by atoms with E-state index in [1.54, 1.807) is 12.4 Å². The van der Waals surface area contributed by atoms with E-state index in [9.17, 15) is 0 Å². The Morgan fingerprint density at radius 2 is 1.16 bits per heavy atom. The van der Waals surface area contributed by atoms with Gasteiger partial charge >= 0.3 is 0 Å². The van der Waals surface area contributed by atoms with E-state index in [1.165, 1.54) is 0 Å². The van der Waals surface area contributed by atoms with Gasteiger partial charge in [-0.05, 0) is 12.1 Å². The second-order valence-electron chi connectivity index (χ2n) is 3.81. The molecule has 0 spiro atoms. The Bertz CT molecular complexity index is 553. The SMILES string of the molecule is Clc1ccccc1C=NCN=Cc1ccccc1Cl. The lowest BCUT2D eigenvalue weighted by molar-refractivity contribution is 1.08. The maximum absolute atomic E-state index is 6.01. The number of hydrogen-bond acceptors (Lipinski definition) is 2. The van der Waals surface area contributed by atoms with Gasteiger partial charge in [-0.1, -0.05) is 59.6 Å². The monoisotopic (exact) mass is 290 g/mol. The number of rotatable bonds is 4. The van der Waals surface area contributed by atoms with Gasteiger partial charge in [0.05, 0.1) is 0 Å². The van der Waals surface area contributed by atoms with Crippen LogP contribution in [0, 0.1) is 0 Å². The van der Waals surface area contributed by atoms with Crippen molar-refractivity contribution >= 4 is 35.6 Å². The molecule has 0 aliphatic carbocycles. The van der Waals surface area contributed by atoms with E-state index >= 15 is 0 Å². The molecule has 0 heterocycles. The molecule has 0 aliphatic heterocycles. The van der Waals surface area contributed by atoms with Gasteiger partial charge in [0.1, 0.15) is 6.67 Å². The van der Waals surface area contributed by atoms with Gasteiger partial charge < -0.3 is 0 Å². The van der Waals surface area contributed by atoms with Crippen molar-refractivity contribution in [3.63, 3.8) is 0 Å². The van der Waals surface area contributed by atoms with Gasteiger partial charge in [0.15, 0.2) is 0 Å². The summed E-state index contributed by atoms with van der Waals surface area (Å²) in [5.74, 6) is 0. The second kappa shape index (κ2) is 7.07. The first-order valence-corrected chi connectivity index (χ1v) is 6.51. The summed E-state index contributed by atoms with van der Waals surface area (Å²) in [7, 11) is 0. The zero-order valence-corrected chi connectivity index (χ0v) is 11.6. The van der Waals surface area contributed by atoms with E-state index in [0.717, 1.165) is 11.1 Å². The maximum atomic E-state index is 6.01. The number of hydrogen-bond donors (Lipinski definition) is 0. The van der Waals surface area contributed by atoms with E-state index in [4.69, 9.17) is 23.2 Å². The smallest absolute Gasteiger partial charge is 0.129 e. The largest absolute Gasteiger partial charge is 0.269 e. The quantitative estimate of drug-likeness (QED) is 0.742. The molecule has 96 valence electrons. The fourth-order valence-corrected chi connectivity index (χ4v) is 1.85. The van der Waals surface area contributed by atoms with Gasteiger partial charge in [0.25, 0.3) is 0 Å². The molecule has 2 rings (SSSR count). The zero-order chi connectivity index (χ0) is 13.5. The summed E-state index contributed by atoms with van der Waals surface area (Å²) in [5.41, 5.74) is 1.77. The first kappa shape index (κ1) is 13.8. The minimum absolute atomic E-state index is 0.344. The summed E-state index contributed by atoms with van der Waals surface area (Å²) in [5, 5.41) is 1.36. The van der Waals surface area contributed by atoms with E-state index in [1.807, 2.05) is 48.5 Å². The minimum atomic E-state index is 0.344. The minimum Gasteiger partial charge on any atom is -0.269 e. The van der Waals surface area contributed by atoms with Gasteiger partial charge in [-0.2, -0.15) is 0 Å². The molecule has 0 radical (unpaired) electrons. The van der Waals surface area contributed by atoms with Crippen LogP contribution in [0.3, 0.4) is 0 Å². The fraction of sp³-hybridized carbons (Fsp3) is 0.0667. The van der Waals surface area contributed by atoms with Crippen LogP contribution < -0.4 is 0 Å². The van der Waals surface area contributed by atoms with Crippen molar-refractivity contribution in [1.29, 1.82) is 0 Å². The van der Waals surface area contributed by atoms with Crippen molar-refractivity contribution < 1.29 is 0 Å². The van der Waals surface area contributed by atoms with Crippen LogP contribution in [0.4, 0.5) is 0 Å². The number of benzene rings is 2. The van der Waals surface area contributed by atoms with Crippen molar-refractivity contribution in [3.05, 3.63) is 69.7 Å². The highest BCUT2D eigenvalue weighted by Gasteiger charge is 1.94. The molecule has 0 N–H and O–H groups in total. The van der Waals surface area contributed by atoms with Crippen LogP contribution in [-0.2, 0) is 0 Å². The van der Waals surface area contributed by atoms with Gasteiger partial charge in [0, 0.05) is 33.6 Å². The predicted molar refractivity (Wildman–Crippen MR) is 83.0 cm³/mol. The molecule has 2 aromatic carbocycles. The number of nitrogens with zero attached hydrogens (tertiary/aromatic N) is 2. The molecule has 0 saturated heterocycles. The average Bonchev–Trinajstić information content (AvgIpc) is 2.42. The number of halogens is 2. The molecule has 0 saturated carbocycles. The Kier molecular flexibility index (Phi) is 5.13. The summed E-state index contributed by atoms with van der Waals surface area (Å²) in [4.78, 5) is 8.39. The molecule has 0 atom stereocenters. The fourth-order valence-electron chi connectivity index (χ4n) is 1.49. The molecule has 0 aromatic heterocycles. The van der Waals surface area contributed by atoms with Crippen molar-refractivity contribution in [3.8, 4) is 0 Å². The molecule has 0 unspecified atom stereocenters. The topological polar surface area (TPSA) is 24.7 Å². The Morgan fingerprint density at radius 1 is 0.737 bits per heavy atom. The lowest BCUT2D eigenvalue weighted by Crippen LogP contribution is -1.86. The molecule has 2 aromatic rings. The zero-order valence-electron chi connectivity index (χ0n) is 10.1. The van der Waals surface area contributed by atoms with Crippen molar-refractivity contribution in [2.75, 3.05) is 6.67 Å². The highest BCUT2D eigenvalue weighted by Crippen LogP contribution is 2.13. The van der Waals surface area contributed by atoms with E-state index in [2.05, 4.69) is 9.98 Å². The third-order valence-electron chi connectivity index (χ3n) is 2.43. The number of aliphatic imine (C=N–C) groups is 2. The molecule has 4 heteroatoms. The van der Waals surface area contributed by atoms with Crippen molar-refractivity contribution in [1.82, 2.24) is 0 Å². The molecule has 0 aliphatic rings. The molecule has 0 amide bonds. The summed E-state index contributed by atoms with van der Waals surface area (Å²) in [6.45, 7) is 0.344. The van der Waals surface area contributed by atoms with Crippen LogP contribution >= 0.6 is 23.2 Å². The Labute approximate surface area is 122 Å².